The van der Waals surface area contributed by atoms with Gasteiger partial charge in [0.05, 0.1) is 16.8 Å². The van der Waals surface area contributed by atoms with Crippen molar-refractivity contribution in [3.63, 3.8) is 0 Å². The summed E-state index contributed by atoms with van der Waals surface area (Å²) >= 11 is 1.19. The highest BCUT2D eigenvalue weighted by atomic mass is 32.2. The fourth-order valence-electron chi connectivity index (χ4n) is 2.11. The van der Waals surface area contributed by atoms with Crippen LogP contribution in [0, 0.1) is 19.8 Å². The maximum absolute atomic E-state index is 12.5. The van der Waals surface area contributed by atoms with Crippen LogP contribution in [-0.2, 0) is 10.0 Å². The van der Waals surface area contributed by atoms with Gasteiger partial charge < -0.3 is 5.11 Å². The van der Waals surface area contributed by atoms with Gasteiger partial charge in [0.2, 0.25) is 0 Å². The molecule has 0 bridgehead atoms. The molecule has 2 rings (SSSR count). The van der Waals surface area contributed by atoms with Crippen LogP contribution in [0.15, 0.2) is 4.21 Å². The molecule has 1 aliphatic rings. The van der Waals surface area contributed by atoms with E-state index in [0.29, 0.717) is 22.9 Å². The van der Waals surface area contributed by atoms with Gasteiger partial charge in [0, 0.05) is 13.1 Å². The fourth-order valence-corrected chi connectivity index (χ4v) is 5.20. The quantitative estimate of drug-likeness (QED) is 0.887. The minimum absolute atomic E-state index is 0.153. The summed E-state index contributed by atoms with van der Waals surface area (Å²) in [5.74, 6) is 0.153. The van der Waals surface area contributed by atoms with E-state index in [1.807, 2.05) is 6.92 Å². The third kappa shape index (κ3) is 2.45. The van der Waals surface area contributed by atoms with Crippen LogP contribution < -0.4 is 0 Å². The summed E-state index contributed by atoms with van der Waals surface area (Å²) in [5.41, 5.74) is 0.547. The molecular formula is C11H18N2O3S2. The Morgan fingerprint density at radius 3 is 2.61 bits per heavy atom. The maximum Gasteiger partial charge on any atom is 0.254 e. The third-order valence-electron chi connectivity index (χ3n) is 3.32. The van der Waals surface area contributed by atoms with Crippen LogP contribution in [0.1, 0.15) is 24.0 Å². The number of aliphatic hydroxyl groups excluding tert-OH is 1. The second-order valence-electron chi connectivity index (χ2n) is 4.80. The molecule has 2 heterocycles. The van der Waals surface area contributed by atoms with E-state index < -0.39 is 16.1 Å². The second kappa shape index (κ2) is 4.88. The Hall–Kier alpha value is -0.500. The number of β-amino-alcohol motifs (C(OH)–C–C–N with tert-alkyl or cyclic N) is 1. The minimum Gasteiger partial charge on any atom is -0.391 e. The fraction of sp³-hybridized carbons (Fsp3) is 0.727. The van der Waals surface area contributed by atoms with Gasteiger partial charge in [-0.2, -0.15) is 4.31 Å². The van der Waals surface area contributed by atoms with Crippen molar-refractivity contribution in [3.05, 3.63) is 10.7 Å². The molecule has 1 N–H and O–H groups in total. The smallest absolute Gasteiger partial charge is 0.254 e. The van der Waals surface area contributed by atoms with E-state index in [1.165, 1.54) is 15.6 Å². The zero-order valence-electron chi connectivity index (χ0n) is 10.8. The van der Waals surface area contributed by atoms with Gasteiger partial charge in [-0.25, -0.2) is 13.4 Å². The first-order valence-corrected chi connectivity index (χ1v) is 8.20. The summed E-state index contributed by atoms with van der Waals surface area (Å²) in [6.45, 7) is 6.09. The molecule has 18 heavy (non-hydrogen) atoms. The molecule has 0 saturated carbocycles. The molecule has 1 aromatic rings. The van der Waals surface area contributed by atoms with Gasteiger partial charge in [0.15, 0.2) is 4.21 Å². The molecule has 1 aliphatic heterocycles. The van der Waals surface area contributed by atoms with Crippen LogP contribution >= 0.6 is 11.3 Å². The normalized spacial score (nSPS) is 26.4. The summed E-state index contributed by atoms with van der Waals surface area (Å²) in [5, 5.41) is 10.6. The molecule has 0 radical (unpaired) electrons. The number of thiazole rings is 1. The van der Waals surface area contributed by atoms with Crippen molar-refractivity contribution in [3.8, 4) is 0 Å². The number of piperidine rings is 1. The first-order chi connectivity index (χ1) is 8.32. The highest BCUT2D eigenvalue weighted by Gasteiger charge is 2.34. The molecule has 2 atom stereocenters. The summed E-state index contributed by atoms with van der Waals surface area (Å²) < 4.78 is 26.6. The summed E-state index contributed by atoms with van der Waals surface area (Å²) in [4.78, 5) is 4.16. The van der Waals surface area contributed by atoms with E-state index >= 15 is 0 Å². The number of hydrogen-bond donors (Lipinski definition) is 1. The van der Waals surface area contributed by atoms with E-state index in [2.05, 4.69) is 4.98 Å². The topological polar surface area (TPSA) is 70.5 Å². The van der Waals surface area contributed by atoms with E-state index in [-0.39, 0.29) is 12.5 Å². The lowest BCUT2D eigenvalue weighted by Gasteiger charge is -2.33. The largest absolute Gasteiger partial charge is 0.391 e. The highest BCUT2D eigenvalue weighted by Crippen LogP contribution is 2.29. The molecule has 2 unspecified atom stereocenters. The summed E-state index contributed by atoms with van der Waals surface area (Å²) in [6.07, 6.45) is 0.111. The Kier molecular flexibility index (Phi) is 3.77. The second-order valence-corrected chi connectivity index (χ2v) is 8.14. The van der Waals surface area contributed by atoms with Crippen LogP contribution in [0.4, 0.5) is 0 Å². The summed E-state index contributed by atoms with van der Waals surface area (Å²) in [6, 6.07) is 0. The lowest BCUT2D eigenvalue weighted by Crippen LogP contribution is -2.45. The molecule has 7 heteroatoms. The Bertz CT molecular complexity index is 538. The van der Waals surface area contributed by atoms with Crippen molar-refractivity contribution >= 4 is 21.4 Å². The number of aliphatic hydroxyl groups is 1. The maximum atomic E-state index is 12.5. The van der Waals surface area contributed by atoms with E-state index in [9.17, 15) is 13.5 Å². The van der Waals surface area contributed by atoms with Crippen molar-refractivity contribution in [1.29, 1.82) is 0 Å². The predicted octanol–water partition coefficient (Wildman–Crippen LogP) is 1.15. The van der Waals surface area contributed by atoms with Crippen LogP contribution in [0.25, 0.3) is 0 Å². The van der Waals surface area contributed by atoms with Crippen LogP contribution in [0.3, 0.4) is 0 Å². The first-order valence-electron chi connectivity index (χ1n) is 5.94. The third-order valence-corrected chi connectivity index (χ3v) is 6.84. The number of aromatic nitrogens is 1. The van der Waals surface area contributed by atoms with E-state index in [0.717, 1.165) is 5.01 Å². The zero-order valence-corrected chi connectivity index (χ0v) is 12.4. The molecule has 5 nitrogen and oxygen atoms in total. The predicted molar refractivity (Wildman–Crippen MR) is 70.1 cm³/mol. The molecular weight excluding hydrogens is 272 g/mol. The van der Waals surface area contributed by atoms with Crippen molar-refractivity contribution in [1.82, 2.24) is 9.29 Å². The van der Waals surface area contributed by atoms with Crippen molar-refractivity contribution in [2.45, 2.75) is 37.5 Å². The van der Waals surface area contributed by atoms with E-state index in [4.69, 9.17) is 0 Å². The van der Waals surface area contributed by atoms with Crippen molar-refractivity contribution in [2.75, 3.05) is 13.1 Å². The van der Waals surface area contributed by atoms with E-state index in [1.54, 1.807) is 13.8 Å². The lowest BCUT2D eigenvalue weighted by molar-refractivity contribution is 0.0605. The molecule has 1 aromatic heterocycles. The molecule has 0 aromatic carbocycles. The molecule has 1 saturated heterocycles. The molecule has 0 amide bonds. The number of aryl methyl sites for hydroxylation is 2. The van der Waals surface area contributed by atoms with Crippen LogP contribution in [-0.4, -0.2) is 42.0 Å². The Morgan fingerprint density at radius 1 is 1.44 bits per heavy atom. The van der Waals surface area contributed by atoms with Crippen molar-refractivity contribution < 1.29 is 13.5 Å². The molecule has 0 aliphatic carbocycles. The van der Waals surface area contributed by atoms with Gasteiger partial charge in [-0.15, -0.1) is 11.3 Å². The monoisotopic (exact) mass is 290 g/mol. The minimum atomic E-state index is -3.50. The SMILES string of the molecule is Cc1nc(C)c(S(=O)(=O)N2CCC(C)C(O)C2)s1. The van der Waals surface area contributed by atoms with Crippen LogP contribution in [0.2, 0.25) is 0 Å². The van der Waals surface area contributed by atoms with Gasteiger partial charge in [0.25, 0.3) is 10.0 Å². The average molecular weight is 290 g/mol. The van der Waals surface area contributed by atoms with Gasteiger partial charge in [-0.3, -0.25) is 0 Å². The van der Waals surface area contributed by atoms with Gasteiger partial charge in [-0.1, -0.05) is 6.92 Å². The average Bonchev–Trinajstić information content (AvgIpc) is 2.62. The van der Waals surface area contributed by atoms with Gasteiger partial charge in [-0.05, 0) is 26.2 Å². The zero-order chi connectivity index (χ0) is 13.5. The van der Waals surface area contributed by atoms with Crippen molar-refractivity contribution in [2.24, 2.45) is 5.92 Å². The number of nitrogens with zero attached hydrogens (tertiary/aromatic N) is 2. The highest BCUT2D eigenvalue weighted by molar-refractivity contribution is 7.91. The molecule has 1 fully saturated rings. The molecule has 0 spiro atoms. The molecule has 102 valence electrons. The van der Waals surface area contributed by atoms with Gasteiger partial charge >= 0.3 is 0 Å². The number of sulfonamides is 1. The Labute approximate surface area is 112 Å². The van der Waals surface area contributed by atoms with Gasteiger partial charge in [0.1, 0.15) is 0 Å². The summed E-state index contributed by atoms with van der Waals surface area (Å²) in [7, 11) is -3.50. The standard InChI is InChI=1S/C11H18N2O3S2/c1-7-4-5-13(6-10(7)14)18(15,16)11-8(2)12-9(3)17-11/h7,10,14H,4-6H2,1-3H3. The number of rotatable bonds is 2. The Morgan fingerprint density at radius 2 is 2.11 bits per heavy atom. The van der Waals surface area contributed by atoms with Crippen LogP contribution in [0.5, 0.6) is 0 Å². The number of hydrogen-bond acceptors (Lipinski definition) is 5. The first kappa shape index (κ1) is 13.9. The Balaban J connectivity index is 2.29. The lowest BCUT2D eigenvalue weighted by atomic mass is 9.98.